The van der Waals surface area contributed by atoms with Crippen LogP contribution in [0.25, 0.3) is 0 Å². The second kappa shape index (κ2) is 10.5. The first-order valence-corrected chi connectivity index (χ1v) is 10.3. The number of nitrogens with one attached hydrogen (secondary N) is 3. The third kappa shape index (κ3) is 6.15. The largest absolute Gasteiger partial charge is 0.352 e. The Balaban J connectivity index is 1.44. The van der Waals surface area contributed by atoms with Gasteiger partial charge in [-0.3, -0.25) is 19.3 Å². The average molecular weight is 409 g/mol. The first kappa shape index (κ1) is 21.5. The fourth-order valence-electron chi connectivity index (χ4n) is 3.52. The van der Waals surface area contributed by atoms with E-state index in [0.29, 0.717) is 30.9 Å². The van der Waals surface area contributed by atoms with Crippen LogP contribution in [0.3, 0.4) is 0 Å². The fourth-order valence-corrected chi connectivity index (χ4v) is 3.52. The molecular formula is C23H28N4O3. The number of anilines is 2. The molecule has 3 N–H and O–H groups in total. The van der Waals surface area contributed by atoms with E-state index in [-0.39, 0.29) is 30.2 Å². The van der Waals surface area contributed by atoms with Crippen LogP contribution in [0.1, 0.15) is 30.1 Å². The van der Waals surface area contributed by atoms with E-state index < -0.39 is 0 Å². The Morgan fingerprint density at radius 2 is 1.63 bits per heavy atom. The van der Waals surface area contributed by atoms with Gasteiger partial charge in [-0.2, -0.15) is 0 Å². The van der Waals surface area contributed by atoms with Gasteiger partial charge in [-0.05, 0) is 63.2 Å². The van der Waals surface area contributed by atoms with Crippen LogP contribution in [0.4, 0.5) is 11.4 Å². The Morgan fingerprint density at radius 1 is 0.933 bits per heavy atom. The van der Waals surface area contributed by atoms with Gasteiger partial charge in [-0.15, -0.1) is 0 Å². The van der Waals surface area contributed by atoms with Crippen molar-refractivity contribution in [1.29, 1.82) is 0 Å². The molecule has 1 aliphatic heterocycles. The number of benzene rings is 2. The van der Waals surface area contributed by atoms with Crippen molar-refractivity contribution < 1.29 is 14.4 Å². The van der Waals surface area contributed by atoms with E-state index in [2.05, 4.69) is 20.9 Å². The molecular weight excluding hydrogens is 380 g/mol. The predicted molar refractivity (Wildman–Crippen MR) is 117 cm³/mol. The van der Waals surface area contributed by atoms with Crippen molar-refractivity contribution in [2.45, 2.75) is 19.8 Å². The smallest absolute Gasteiger partial charge is 0.251 e. The Labute approximate surface area is 176 Å². The fraction of sp³-hybridized carbons (Fsp3) is 0.348. The van der Waals surface area contributed by atoms with Gasteiger partial charge in [0.15, 0.2) is 0 Å². The summed E-state index contributed by atoms with van der Waals surface area (Å²) in [4.78, 5) is 38.8. The van der Waals surface area contributed by atoms with Crippen molar-refractivity contribution in [3.05, 3.63) is 60.2 Å². The summed E-state index contributed by atoms with van der Waals surface area (Å²) in [5.74, 6) is -0.301. The van der Waals surface area contributed by atoms with Gasteiger partial charge in [0.1, 0.15) is 0 Å². The number of piperidine rings is 1. The number of likely N-dealkylation sites (tertiary alicyclic amines) is 1. The molecule has 3 rings (SSSR count). The summed E-state index contributed by atoms with van der Waals surface area (Å²) >= 11 is 0. The number of nitrogens with zero attached hydrogens (tertiary/aromatic N) is 1. The van der Waals surface area contributed by atoms with Gasteiger partial charge in [-0.25, -0.2) is 0 Å². The second-order valence-electron chi connectivity index (χ2n) is 7.39. The highest BCUT2D eigenvalue weighted by molar-refractivity contribution is 5.97. The maximum atomic E-state index is 12.4. The normalized spacial score (nSPS) is 14.7. The Morgan fingerprint density at radius 3 is 2.33 bits per heavy atom. The van der Waals surface area contributed by atoms with Gasteiger partial charge >= 0.3 is 0 Å². The van der Waals surface area contributed by atoms with Gasteiger partial charge < -0.3 is 16.0 Å². The van der Waals surface area contributed by atoms with Crippen LogP contribution in [0.5, 0.6) is 0 Å². The Bertz CT molecular complexity index is 877. The number of para-hydroxylation sites is 1. The standard InChI is InChI=1S/C23H28N4O3/c1-2-24-22(29)18-7-6-10-20(15-18)25-21(28)16-27-13-11-17(12-14-27)23(30)26-19-8-4-3-5-9-19/h3-10,15,17H,2,11-14,16H2,1H3,(H,24,29)(H,25,28)(H,26,30). The van der Waals surface area contributed by atoms with Crippen LogP contribution in [0.2, 0.25) is 0 Å². The monoisotopic (exact) mass is 408 g/mol. The van der Waals surface area contributed by atoms with Gasteiger partial charge in [0.25, 0.3) is 5.91 Å². The lowest BCUT2D eigenvalue weighted by Crippen LogP contribution is -2.41. The quantitative estimate of drug-likeness (QED) is 0.657. The van der Waals surface area contributed by atoms with Gasteiger partial charge in [-0.1, -0.05) is 24.3 Å². The summed E-state index contributed by atoms with van der Waals surface area (Å²) in [7, 11) is 0. The highest BCUT2D eigenvalue weighted by atomic mass is 16.2. The van der Waals surface area contributed by atoms with Gasteiger partial charge in [0.05, 0.1) is 6.54 Å². The third-order valence-corrected chi connectivity index (χ3v) is 5.11. The lowest BCUT2D eigenvalue weighted by molar-refractivity contribution is -0.121. The molecule has 0 aliphatic carbocycles. The third-order valence-electron chi connectivity index (χ3n) is 5.11. The van der Waals surface area contributed by atoms with E-state index in [1.807, 2.05) is 37.3 Å². The van der Waals surface area contributed by atoms with Crippen LogP contribution < -0.4 is 16.0 Å². The molecule has 1 aliphatic rings. The minimum atomic E-state index is -0.163. The number of carbonyl (C=O) groups excluding carboxylic acids is 3. The topological polar surface area (TPSA) is 90.5 Å². The van der Waals surface area contributed by atoms with E-state index in [9.17, 15) is 14.4 Å². The van der Waals surface area contributed by atoms with E-state index in [4.69, 9.17) is 0 Å². The highest BCUT2D eigenvalue weighted by Gasteiger charge is 2.26. The van der Waals surface area contributed by atoms with Crippen molar-refractivity contribution in [1.82, 2.24) is 10.2 Å². The van der Waals surface area contributed by atoms with Crippen LogP contribution in [-0.4, -0.2) is 48.8 Å². The first-order valence-electron chi connectivity index (χ1n) is 10.3. The molecule has 7 nitrogen and oxygen atoms in total. The number of hydrogen-bond donors (Lipinski definition) is 3. The van der Waals surface area contributed by atoms with Crippen molar-refractivity contribution in [2.24, 2.45) is 5.92 Å². The van der Waals surface area contributed by atoms with Crippen LogP contribution >= 0.6 is 0 Å². The molecule has 0 spiro atoms. The summed E-state index contributed by atoms with van der Waals surface area (Å²) in [5.41, 5.74) is 1.92. The SMILES string of the molecule is CCNC(=O)c1cccc(NC(=O)CN2CCC(C(=O)Nc3ccccc3)CC2)c1. The summed E-state index contributed by atoms with van der Waals surface area (Å²) in [6.07, 6.45) is 1.44. The van der Waals surface area contributed by atoms with Crippen LogP contribution in [0.15, 0.2) is 54.6 Å². The van der Waals surface area contributed by atoms with E-state index in [1.165, 1.54) is 0 Å². The zero-order valence-electron chi connectivity index (χ0n) is 17.2. The summed E-state index contributed by atoms with van der Waals surface area (Å²) < 4.78 is 0. The summed E-state index contributed by atoms with van der Waals surface area (Å²) in [5, 5.41) is 8.55. The van der Waals surface area contributed by atoms with Crippen molar-refractivity contribution in [3.8, 4) is 0 Å². The molecule has 1 heterocycles. The molecule has 1 saturated heterocycles. The molecule has 7 heteroatoms. The van der Waals surface area contributed by atoms with Crippen molar-refractivity contribution in [3.63, 3.8) is 0 Å². The molecule has 0 saturated carbocycles. The molecule has 0 atom stereocenters. The Hall–Kier alpha value is -3.19. The average Bonchev–Trinajstić information content (AvgIpc) is 2.75. The van der Waals surface area contributed by atoms with Gasteiger partial charge in [0, 0.05) is 29.4 Å². The molecule has 0 aromatic heterocycles. The van der Waals surface area contributed by atoms with E-state index in [0.717, 1.165) is 18.5 Å². The molecule has 30 heavy (non-hydrogen) atoms. The summed E-state index contributed by atoms with van der Waals surface area (Å²) in [6.45, 7) is 4.06. The van der Waals surface area contributed by atoms with Crippen LogP contribution in [-0.2, 0) is 9.59 Å². The molecule has 0 bridgehead atoms. The van der Waals surface area contributed by atoms with E-state index in [1.54, 1.807) is 24.3 Å². The summed E-state index contributed by atoms with van der Waals surface area (Å²) in [6, 6.07) is 16.3. The zero-order valence-corrected chi connectivity index (χ0v) is 17.2. The number of carbonyl (C=O) groups is 3. The van der Waals surface area contributed by atoms with E-state index >= 15 is 0 Å². The molecule has 2 aromatic rings. The minimum Gasteiger partial charge on any atom is -0.352 e. The zero-order chi connectivity index (χ0) is 21.3. The van der Waals surface area contributed by atoms with Crippen LogP contribution in [0, 0.1) is 5.92 Å². The maximum absolute atomic E-state index is 12.4. The number of rotatable bonds is 7. The molecule has 0 radical (unpaired) electrons. The molecule has 3 amide bonds. The highest BCUT2D eigenvalue weighted by Crippen LogP contribution is 2.19. The lowest BCUT2D eigenvalue weighted by atomic mass is 9.96. The first-order chi connectivity index (χ1) is 14.5. The Kier molecular flexibility index (Phi) is 7.57. The van der Waals surface area contributed by atoms with Crippen molar-refractivity contribution in [2.75, 3.05) is 36.8 Å². The maximum Gasteiger partial charge on any atom is 0.251 e. The molecule has 1 fully saturated rings. The van der Waals surface area contributed by atoms with Gasteiger partial charge in [0.2, 0.25) is 11.8 Å². The molecule has 158 valence electrons. The second-order valence-corrected chi connectivity index (χ2v) is 7.39. The van der Waals surface area contributed by atoms with Crippen molar-refractivity contribution >= 4 is 29.1 Å². The lowest BCUT2D eigenvalue weighted by Gasteiger charge is -2.30. The number of amides is 3. The molecule has 2 aromatic carbocycles. The predicted octanol–water partition coefficient (Wildman–Crippen LogP) is 2.73. The number of hydrogen-bond acceptors (Lipinski definition) is 4. The minimum absolute atomic E-state index is 0.0347. The molecule has 0 unspecified atom stereocenters.